The van der Waals surface area contributed by atoms with E-state index < -0.39 is 0 Å². The molecule has 1 fully saturated rings. The van der Waals surface area contributed by atoms with Crippen molar-refractivity contribution in [1.82, 2.24) is 10.2 Å². The largest absolute Gasteiger partial charge is 0.490 e. The van der Waals surface area contributed by atoms with Crippen molar-refractivity contribution >= 4 is 17.2 Å². The van der Waals surface area contributed by atoms with E-state index in [4.69, 9.17) is 9.47 Å². The monoisotopic (exact) mass is 388 g/mol. The van der Waals surface area contributed by atoms with Gasteiger partial charge in [0, 0.05) is 31.1 Å². The first-order chi connectivity index (χ1) is 13.3. The number of thiophene rings is 1. The smallest absolute Gasteiger partial charge is 0.260 e. The van der Waals surface area contributed by atoms with Crippen LogP contribution in [0.25, 0.3) is 0 Å². The first kappa shape index (κ1) is 19.7. The second-order valence-electron chi connectivity index (χ2n) is 6.63. The van der Waals surface area contributed by atoms with Crippen LogP contribution in [0.1, 0.15) is 36.6 Å². The first-order valence-corrected chi connectivity index (χ1v) is 10.5. The van der Waals surface area contributed by atoms with E-state index in [-0.39, 0.29) is 12.5 Å². The lowest BCUT2D eigenvalue weighted by Crippen LogP contribution is -2.38. The Bertz CT molecular complexity index is 712. The van der Waals surface area contributed by atoms with Crippen molar-refractivity contribution in [3.05, 3.63) is 46.2 Å². The standard InChI is InChI=1S/C21H28N2O3S/c1-2-25-20-13-17(14-22-15-18-7-6-12-27-18)8-9-19(20)26-16-21(24)23-10-4-3-5-11-23/h6-9,12-13,22H,2-5,10-11,14-16H2,1H3. The summed E-state index contributed by atoms with van der Waals surface area (Å²) in [6.07, 6.45) is 3.38. The molecule has 3 rings (SSSR count). The van der Waals surface area contributed by atoms with Crippen molar-refractivity contribution in [2.45, 2.75) is 39.3 Å². The number of ether oxygens (including phenoxy) is 2. The SMILES string of the molecule is CCOc1cc(CNCc2cccs2)ccc1OCC(=O)N1CCCCC1. The zero-order valence-corrected chi connectivity index (χ0v) is 16.7. The Labute approximate surface area is 165 Å². The van der Waals surface area contributed by atoms with Crippen molar-refractivity contribution in [2.24, 2.45) is 0 Å². The Kier molecular flexibility index (Phi) is 7.54. The summed E-state index contributed by atoms with van der Waals surface area (Å²) in [5.41, 5.74) is 1.13. The number of carbonyl (C=O) groups excluding carboxylic acids is 1. The third kappa shape index (κ3) is 5.97. The molecule has 2 heterocycles. The quantitative estimate of drug-likeness (QED) is 0.709. The first-order valence-electron chi connectivity index (χ1n) is 9.65. The summed E-state index contributed by atoms with van der Waals surface area (Å²) in [4.78, 5) is 15.5. The molecule has 1 aromatic carbocycles. The molecule has 1 amide bonds. The van der Waals surface area contributed by atoms with Gasteiger partial charge in [0.05, 0.1) is 6.61 Å². The van der Waals surface area contributed by atoms with Crippen LogP contribution in [-0.4, -0.2) is 37.1 Å². The molecule has 1 aliphatic heterocycles. The molecule has 0 unspecified atom stereocenters. The summed E-state index contributed by atoms with van der Waals surface area (Å²) in [7, 11) is 0. The number of carbonyl (C=O) groups is 1. The lowest BCUT2D eigenvalue weighted by Gasteiger charge is -2.26. The minimum atomic E-state index is 0.0545. The summed E-state index contributed by atoms with van der Waals surface area (Å²) >= 11 is 1.75. The predicted octanol–water partition coefficient (Wildman–Crippen LogP) is 3.83. The van der Waals surface area contributed by atoms with Gasteiger partial charge in [0.15, 0.2) is 18.1 Å². The van der Waals surface area contributed by atoms with E-state index in [0.717, 1.165) is 44.6 Å². The van der Waals surface area contributed by atoms with Gasteiger partial charge in [-0.3, -0.25) is 4.79 Å². The molecular weight excluding hydrogens is 360 g/mol. The van der Waals surface area contributed by atoms with Crippen LogP contribution in [0.4, 0.5) is 0 Å². The zero-order chi connectivity index (χ0) is 18.9. The molecule has 0 atom stereocenters. The van der Waals surface area contributed by atoms with E-state index in [9.17, 15) is 4.79 Å². The van der Waals surface area contributed by atoms with E-state index in [1.807, 2.05) is 30.0 Å². The van der Waals surface area contributed by atoms with Crippen LogP contribution in [-0.2, 0) is 17.9 Å². The van der Waals surface area contributed by atoms with Gasteiger partial charge < -0.3 is 19.7 Å². The average molecular weight is 389 g/mol. The molecule has 1 aliphatic rings. The Morgan fingerprint density at radius 3 is 2.70 bits per heavy atom. The Hall–Kier alpha value is -2.05. The number of benzene rings is 1. The van der Waals surface area contributed by atoms with Crippen molar-refractivity contribution in [3.8, 4) is 11.5 Å². The van der Waals surface area contributed by atoms with E-state index in [1.54, 1.807) is 11.3 Å². The molecule has 146 valence electrons. The van der Waals surface area contributed by atoms with Crippen LogP contribution in [0.3, 0.4) is 0 Å². The molecule has 1 N–H and O–H groups in total. The van der Waals surface area contributed by atoms with E-state index >= 15 is 0 Å². The third-order valence-electron chi connectivity index (χ3n) is 4.58. The zero-order valence-electron chi connectivity index (χ0n) is 15.9. The van der Waals surface area contributed by atoms with Crippen LogP contribution < -0.4 is 14.8 Å². The Balaban J connectivity index is 1.54. The molecule has 0 spiro atoms. The number of likely N-dealkylation sites (tertiary alicyclic amines) is 1. The van der Waals surface area contributed by atoms with Crippen LogP contribution >= 0.6 is 11.3 Å². The second kappa shape index (κ2) is 10.3. The third-order valence-corrected chi connectivity index (χ3v) is 5.45. The van der Waals surface area contributed by atoms with Crippen molar-refractivity contribution in [1.29, 1.82) is 0 Å². The molecule has 1 saturated heterocycles. The highest BCUT2D eigenvalue weighted by molar-refractivity contribution is 7.09. The molecule has 1 aromatic heterocycles. The minimum absolute atomic E-state index is 0.0545. The highest BCUT2D eigenvalue weighted by Gasteiger charge is 2.17. The van der Waals surface area contributed by atoms with E-state index in [1.165, 1.54) is 11.3 Å². The summed E-state index contributed by atoms with van der Waals surface area (Å²) in [6.45, 7) is 5.86. The lowest BCUT2D eigenvalue weighted by atomic mass is 10.1. The minimum Gasteiger partial charge on any atom is -0.490 e. The van der Waals surface area contributed by atoms with Crippen LogP contribution in [0, 0.1) is 0 Å². The van der Waals surface area contributed by atoms with E-state index in [2.05, 4.69) is 22.8 Å². The molecule has 0 saturated carbocycles. The number of hydrogen-bond acceptors (Lipinski definition) is 5. The van der Waals surface area contributed by atoms with Gasteiger partial charge in [0.2, 0.25) is 0 Å². The van der Waals surface area contributed by atoms with Crippen molar-refractivity contribution in [2.75, 3.05) is 26.3 Å². The average Bonchev–Trinajstić information content (AvgIpc) is 3.21. The topological polar surface area (TPSA) is 50.8 Å². The van der Waals surface area contributed by atoms with Crippen LogP contribution in [0.5, 0.6) is 11.5 Å². The van der Waals surface area contributed by atoms with Crippen molar-refractivity contribution < 1.29 is 14.3 Å². The summed E-state index contributed by atoms with van der Waals surface area (Å²) in [6, 6.07) is 10.1. The molecule has 5 nitrogen and oxygen atoms in total. The van der Waals surface area contributed by atoms with Crippen molar-refractivity contribution in [3.63, 3.8) is 0 Å². The number of rotatable bonds is 9. The van der Waals surface area contributed by atoms with Crippen LogP contribution in [0.2, 0.25) is 0 Å². The Morgan fingerprint density at radius 1 is 1.11 bits per heavy atom. The molecule has 27 heavy (non-hydrogen) atoms. The summed E-state index contributed by atoms with van der Waals surface area (Å²) < 4.78 is 11.5. The molecule has 0 aliphatic carbocycles. The van der Waals surface area contributed by atoms with Gasteiger partial charge in [-0.2, -0.15) is 0 Å². The van der Waals surface area contributed by atoms with Gasteiger partial charge in [-0.15, -0.1) is 11.3 Å². The second-order valence-corrected chi connectivity index (χ2v) is 7.66. The van der Waals surface area contributed by atoms with Crippen LogP contribution in [0.15, 0.2) is 35.7 Å². The van der Waals surface area contributed by atoms with Gasteiger partial charge in [0.25, 0.3) is 5.91 Å². The van der Waals surface area contributed by atoms with Gasteiger partial charge in [-0.1, -0.05) is 12.1 Å². The molecule has 2 aromatic rings. The molecule has 0 radical (unpaired) electrons. The summed E-state index contributed by atoms with van der Waals surface area (Å²) in [5.74, 6) is 1.38. The maximum Gasteiger partial charge on any atom is 0.260 e. The van der Waals surface area contributed by atoms with E-state index in [0.29, 0.717) is 18.1 Å². The number of hydrogen-bond donors (Lipinski definition) is 1. The predicted molar refractivity (Wildman–Crippen MR) is 108 cm³/mol. The maximum atomic E-state index is 12.3. The fourth-order valence-corrected chi connectivity index (χ4v) is 3.84. The Morgan fingerprint density at radius 2 is 1.96 bits per heavy atom. The molecule has 6 heteroatoms. The number of piperidine rings is 1. The fourth-order valence-electron chi connectivity index (χ4n) is 3.17. The number of nitrogens with one attached hydrogen (secondary N) is 1. The molecule has 0 bridgehead atoms. The lowest BCUT2D eigenvalue weighted by molar-refractivity contribution is -0.134. The highest BCUT2D eigenvalue weighted by Crippen LogP contribution is 2.28. The number of nitrogens with zero attached hydrogens (tertiary/aromatic N) is 1. The van der Waals surface area contributed by atoms with Gasteiger partial charge >= 0.3 is 0 Å². The van der Waals surface area contributed by atoms with Gasteiger partial charge in [-0.25, -0.2) is 0 Å². The van der Waals surface area contributed by atoms with Gasteiger partial charge in [0.1, 0.15) is 0 Å². The number of amides is 1. The fraction of sp³-hybridized carbons (Fsp3) is 0.476. The summed E-state index contributed by atoms with van der Waals surface area (Å²) in [5, 5.41) is 5.52. The highest BCUT2D eigenvalue weighted by atomic mass is 32.1. The van der Waals surface area contributed by atoms with Gasteiger partial charge in [-0.05, 0) is 55.3 Å². The normalized spacial score (nSPS) is 14.2. The molecular formula is C21H28N2O3S. The maximum absolute atomic E-state index is 12.3.